The first kappa shape index (κ1) is 15.3. The number of pyridine rings is 1. The number of fused-ring (bicyclic) bond motifs is 3. The normalized spacial score (nSPS) is 11.5. The number of aromatic nitrogens is 2. The van der Waals surface area contributed by atoms with E-state index in [2.05, 4.69) is 23.0 Å². The molecule has 2 aromatic heterocycles. The van der Waals surface area contributed by atoms with Gasteiger partial charge in [-0.1, -0.05) is 19.1 Å². The molecule has 0 aliphatic carbocycles. The highest BCUT2D eigenvalue weighted by Crippen LogP contribution is 2.36. The van der Waals surface area contributed by atoms with Crippen molar-refractivity contribution in [3.63, 3.8) is 0 Å². The van der Waals surface area contributed by atoms with Crippen LogP contribution >= 0.6 is 0 Å². The molecule has 0 unspecified atom stereocenters. The number of nitrogens with zero attached hydrogens (tertiary/aromatic N) is 1. The van der Waals surface area contributed by atoms with Crippen molar-refractivity contribution in [2.75, 3.05) is 0 Å². The summed E-state index contributed by atoms with van der Waals surface area (Å²) < 4.78 is 5.77. The van der Waals surface area contributed by atoms with E-state index in [1.807, 2.05) is 26.0 Å². The zero-order valence-corrected chi connectivity index (χ0v) is 13.7. The van der Waals surface area contributed by atoms with Crippen molar-refractivity contribution < 1.29 is 14.6 Å². The van der Waals surface area contributed by atoms with Crippen molar-refractivity contribution in [2.45, 2.75) is 40.2 Å². The highest BCUT2D eigenvalue weighted by Gasteiger charge is 2.22. The fourth-order valence-corrected chi connectivity index (χ4v) is 3.03. The summed E-state index contributed by atoms with van der Waals surface area (Å²) >= 11 is 0. The predicted octanol–water partition coefficient (Wildman–Crippen LogP) is 4.07. The average molecular weight is 312 g/mol. The van der Waals surface area contributed by atoms with Gasteiger partial charge in [0.05, 0.1) is 6.10 Å². The maximum atomic E-state index is 11.6. The molecule has 0 radical (unpaired) electrons. The number of carboxylic acid groups (broad SMARTS) is 1. The molecule has 5 nitrogen and oxygen atoms in total. The Bertz CT molecular complexity index is 910. The largest absolute Gasteiger partial charge is 0.476 e. The maximum Gasteiger partial charge on any atom is 0.354 e. The minimum absolute atomic E-state index is 0.0416. The van der Waals surface area contributed by atoms with E-state index in [0.717, 1.165) is 28.2 Å². The molecule has 23 heavy (non-hydrogen) atoms. The van der Waals surface area contributed by atoms with Crippen LogP contribution in [0, 0.1) is 6.92 Å². The molecule has 0 bridgehead atoms. The van der Waals surface area contributed by atoms with Crippen molar-refractivity contribution >= 4 is 27.8 Å². The second kappa shape index (κ2) is 5.57. The van der Waals surface area contributed by atoms with Crippen molar-refractivity contribution in [2.24, 2.45) is 0 Å². The van der Waals surface area contributed by atoms with Crippen LogP contribution in [0.2, 0.25) is 0 Å². The fourth-order valence-electron chi connectivity index (χ4n) is 3.03. The van der Waals surface area contributed by atoms with Gasteiger partial charge in [0.2, 0.25) is 5.88 Å². The summed E-state index contributed by atoms with van der Waals surface area (Å²) in [5, 5.41) is 11.4. The standard InChI is InChI=1S/C18H20N2O3/c1-5-11-7-6-8-12-14(11)13-10(4)15(18(21)22)20-17(16(13)19-12)23-9(2)3/h6-9,19H,5H2,1-4H3,(H,21,22). The Morgan fingerprint density at radius 1 is 1.35 bits per heavy atom. The molecule has 0 saturated heterocycles. The summed E-state index contributed by atoms with van der Waals surface area (Å²) in [7, 11) is 0. The van der Waals surface area contributed by atoms with E-state index in [-0.39, 0.29) is 11.8 Å². The van der Waals surface area contributed by atoms with Crippen LogP contribution in [0.3, 0.4) is 0 Å². The molecule has 2 N–H and O–H groups in total. The van der Waals surface area contributed by atoms with E-state index in [1.54, 1.807) is 6.92 Å². The van der Waals surface area contributed by atoms with E-state index in [0.29, 0.717) is 11.4 Å². The summed E-state index contributed by atoms with van der Waals surface area (Å²) in [6.45, 7) is 7.69. The molecule has 0 atom stereocenters. The van der Waals surface area contributed by atoms with Crippen LogP contribution in [0.1, 0.15) is 42.4 Å². The zero-order chi connectivity index (χ0) is 16.7. The summed E-state index contributed by atoms with van der Waals surface area (Å²) in [5.41, 5.74) is 3.61. The molecule has 0 fully saturated rings. The molecule has 0 aliphatic heterocycles. The Morgan fingerprint density at radius 2 is 2.09 bits per heavy atom. The van der Waals surface area contributed by atoms with Gasteiger partial charge in [0.15, 0.2) is 5.69 Å². The minimum Gasteiger partial charge on any atom is -0.476 e. The van der Waals surface area contributed by atoms with Gasteiger partial charge in [-0.3, -0.25) is 0 Å². The van der Waals surface area contributed by atoms with Crippen LogP contribution in [-0.4, -0.2) is 27.1 Å². The van der Waals surface area contributed by atoms with Gasteiger partial charge in [0, 0.05) is 16.3 Å². The van der Waals surface area contributed by atoms with Crippen LogP contribution in [0.15, 0.2) is 18.2 Å². The third kappa shape index (κ3) is 2.42. The molecule has 5 heteroatoms. The Balaban J connectivity index is 2.50. The van der Waals surface area contributed by atoms with Gasteiger partial charge < -0.3 is 14.8 Å². The molecule has 0 spiro atoms. The molecule has 0 saturated carbocycles. The molecule has 0 aliphatic rings. The lowest BCUT2D eigenvalue weighted by Gasteiger charge is -2.12. The summed E-state index contributed by atoms with van der Waals surface area (Å²) in [4.78, 5) is 19.2. The third-order valence-corrected chi connectivity index (χ3v) is 4.00. The van der Waals surface area contributed by atoms with Crippen LogP contribution in [0.25, 0.3) is 21.8 Å². The van der Waals surface area contributed by atoms with Crippen LogP contribution in [0.4, 0.5) is 0 Å². The van der Waals surface area contributed by atoms with Crippen molar-refractivity contribution in [1.29, 1.82) is 0 Å². The second-order valence-corrected chi connectivity index (χ2v) is 5.93. The smallest absolute Gasteiger partial charge is 0.354 e. The Morgan fingerprint density at radius 3 is 2.70 bits per heavy atom. The molecule has 1 aromatic carbocycles. The third-order valence-electron chi connectivity index (χ3n) is 4.00. The maximum absolute atomic E-state index is 11.6. The Hall–Kier alpha value is -2.56. The molecule has 3 aromatic rings. The summed E-state index contributed by atoms with van der Waals surface area (Å²) in [6.07, 6.45) is 0.779. The molecule has 0 amide bonds. The number of hydrogen-bond acceptors (Lipinski definition) is 3. The van der Waals surface area contributed by atoms with Crippen LogP contribution in [0.5, 0.6) is 5.88 Å². The van der Waals surface area contributed by atoms with E-state index in [9.17, 15) is 9.90 Å². The van der Waals surface area contributed by atoms with Gasteiger partial charge in [-0.25, -0.2) is 9.78 Å². The number of benzene rings is 1. The number of carboxylic acids is 1. The number of H-pyrrole nitrogens is 1. The molecular weight excluding hydrogens is 292 g/mol. The second-order valence-electron chi connectivity index (χ2n) is 5.93. The number of nitrogens with one attached hydrogen (secondary N) is 1. The predicted molar refractivity (Wildman–Crippen MR) is 90.4 cm³/mol. The number of rotatable bonds is 4. The lowest BCUT2D eigenvalue weighted by Crippen LogP contribution is -2.11. The Kier molecular flexibility index (Phi) is 3.72. The lowest BCUT2D eigenvalue weighted by atomic mass is 10.0. The average Bonchev–Trinajstić information content (AvgIpc) is 2.89. The first-order valence-electron chi connectivity index (χ1n) is 7.77. The van der Waals surface area contributed by atoms with Crippen molar-refractivity contribution in [3.05, 3.63) is 35.0 Å². The highest BCUT2D eigenvalue weighted by molar-refractivity contribution is 6.13. The summed E-state index contributed by atoms with van der Waals surface area (Å²) in [6, 6.07) is 6.06. The van der Waals surface area contributed by atoms with Gasteiger partial charge in [-0.15, -0.1) is 0 Å². The summed E-state index contributed by atoms with van der Waals surface area (Å²) in [5.74, 6) is -0.697. The van der Waals surface area contributed by atoms with Gasteiger partial charge in [-0.05, 0) is 44.4 Å². The molecule has 3 rings (SSSR count). The molecule has 120 valence electrons. The quantitative estimate of drug-likeness (QED) is 0.761. The number of carbonyl (C=O) groups is 1. The lowest BCUT2D eigenvalue weighted by molar-refractivity contribution is 0.0688. The number of hydrogen-bond donors (Lipinski definition) is 2. The van der Waals surface area contributed by atoms with E-state index >= 15 is 0 Å². The van der Waals surface area contributed by atoms with E-state index < -0.39 is 5.97 Å². The van der Waals surface area contributed by atoms with Gasteiger partial charge in [0.25, 0.3) is 0 Å². The van der Waals surface area contributed by atoms with Crippen LogP contribution < -0.4 is 4.74 Å². The zero-order valence-electron chi connectivity index (χ0n) is 13.7. The van der Waals surface area contributed by atoms with Gasteiger partial charge in [-0.2, -0.15) is 0 Å². The van der Waals surface area contributed by atoms with Crippen molar-refractivity contribution in [3.8, 4) is 5.88 Å². The van der Waals surface area contributed by atoms with E-state index in [4.69, 9.17) is 4.74 Å². The van der Waals surface area contributed by atoms with Crippen molar-refractivity contribution in [1.82, 2.24) is 9.97 Å². The molecule has 2 heterocycles. The van der Waals surface area contributed by atoms with E-state index in [1.165, 1.54) is 5.56 Å². The monoisotopic (exact) mass is 312 g/mol. The molecular formula is C18H20N2O3. The topological polar surface area (TPSA) is 75.2 Å². The SMILES string of the molecule is CCc1cccc2[nH]c3c(OC(C)C)nc(C(=O)O)c(C)c3c12. The van der Waals surface area contributed by atoms with Gasteiger partial charge >= 0.3 is 5.97 Å². The number of aryl methyl sites for hydroxylation is 2. The minimum atomic E-state index is -1.04. The highest BCUT2D eigenvalue weighted by atomic mass is 16.5. The first-order chi connectivity index (χ1) is 10.9. The Labute approximate surface area is 134 Å². The van der Waals surface area contributed by atoms with Gasteiger partial charge in [0.1, 0.15) is 5.52 Å². The fraction of sp³-hybridized carbons (Fsp3) is 0.333. The number of ether oxygens (including phenoxy) is 1. The number of aromatic amines is 1. The number of aromatic carboxylic acids is 1. The first-order valence-corrected chi connectivity index (χ1v) is 7.77. The van der Waals surface area contributed by atoms with Crippen LogP contribution in [-0.2, 0) is 6.42 Å².